The zero-order chi connectivity index (χ0) is 17.4. The number of hydrogen-bond donors (Lipinski definition) is 0. The average molecular weight is 329 g/mol. The van der Waals surface area contributed by atoms with E-state index in [1.54, 1.807) is 16.7 Å². The first-order chi connectivity index (χ1) is 12.1. The zero-order valence-corrected chi connectivity index (χ0v) is 13.6. The summed E-state index contributed by atoms with van der Waals surface area (Å²) in [5.41, 5.74) is 1.58. The highest BCUT2D eigenvalue weighted by atomic mass is 16.5. The number of carbonyl (C=O) groups excluding carboxylic acids is 1. The Hall–Kier alpha value is -3.40. The molecule has 2 aromatic carbocycles. The van der Waals surface area contributed by atoms with E-state index < -0.39 is 5.97 Å². The Bertz CT molecular complexity index is 1160. The van der Waals surface area contributed by atoms with Crippen LogP contribution in [-0.4, -0.2) is 10.4 Å². The maximum Gasteiger partial charge on any atom is 0.308 e. The number of fused-ring (bicyclic) bond motifs is 3. The molecule has 0 aliphatic rings. The van der Waals surface area contributed by atoms with E-state index in [1.165, 1.54) is 6.92 Å². The number of pyridine rings is 2. The summed E-state index contributed by atoms with van der Waals surface area (Å²) in [6, 6.07) is 20.7. The van der Waals surface area contributed by atoms with Gasteiger partial charge >= 0.3 is 5.97 Å². The van der Waals surface area contributed by atoms with E-state index in [-0.39, 0.29) is 11.3 Å². The molecule has 0 aliphatic carbocycles. The number of hydrogen-bond acceptors (Lipinski definition) is 3. The minimum atomic E-state index is -0.457. The number of aromatic nitrogens is 1. The molecule has 122 valence electrons. The molecule has 25 heavy (non-hydrogen) atoms. The second-order valence-electron chi connectivity index (χ2n) is 5.81. The summed E-state index contributed by atoms with van der Waals surface area (Å²) in [7, 11) is 0. The Kier molecular flexibility index (Phi) is 3.58. The van der Waals surface area contributed by atoms with E-state index in [0.717, 1.165) is 10.8 Å². The minimum Gasteiger partial charge on any atom is -0.426 e. The highest BCUT2D eigenvalue weighted by Gasteiger charge is 2.17. The van der Waals surface area contributed by atoms with Gasteiger partial charge in [-0.2, -0.15) is 0 Å². The molecule has 2 heterocycles. The van der Waals surface area contributed by atoms with Crippen LogP contribution in [-0.2, 0) is 4.79 Å². The molecule has 0 radical (unpaired) electrons. The van der Waals surface area contributed by atoms with Crippen LogP contribution in [0.25, 0.3) is 27.4 Å². The van der Waals surface area contributed by atoms with E-state index in [9.17, 15) is 9.59 Å². The predicted molar refractivity (Wildman–Crippen MR) is 97.9 cm³/mol. The number of rotatable bonds is 2. The van der Waals surface area contributed by atoms with Gasteiger partial charge in [-0.25, -0.2) is 0 Å². The quantitative estimate of drug-likeness (QED) is 0.412. The Morgan fingerprint density at radius 2 is 1.68 bits per heavy atom. The van der Waals surface area contributed by atoms with Gasteiger partial charge < -0.3 is 4.74 Å². The van der Waals surface area contributed by atoms with Gasteiger partial charge in [0.1, 0.15) is 5.75 Å². The monoisotopic (exact) mass is 329 g/mol. The molecule has 0 saturated heterocycles. The maximum absolute atomic E-state index is 13.1. The summed E-state index contributed by atoms with van der Waals surface area (Å²) in [5, 5.41) is 1.94. The van der Waals surface area contributed by atoms with Crippen molar-refractivity contribution in [1.82, 2.24) is 4.40 Å². The normalized spacial score (nSPS) is 10.9. The number of nitrogens with zero attached hydrogens (tertiary/aromatic N) is 1. The van der Waals surface area contributed by atoms with E-state index in [4.69, 9.17) is 4.74 Å². The SMILES string of the molecule is CC(=O)Oc1cc2c3ccccc3ccn2c(=O)c1-c1ccccc1. The molecule has 0 spiro atoms. The lowest BCUT2D eigenvalue weighted by Crippen LogP contribution is -2.18. The Morgan fingerprint density at radius 3 is 2.44 bits per heavy atom. The van der Waals surface area contributed by atoms with E-state index in [0.29, 0.717) is 16.6 Å². The maximum atomic E-state index is 13.1. The standard InChI is InChI=1S/C21H15NO3/c1-14(23)25-19-13-18-17-10-6-5-7-15(17)11-12-22(18)21(24)20(19)16-8-3-2-4-9-16/h2-13H,1H3. The van der Waals surface area contributed by atoms with Gasteiger partial charge in [0.2, 0.25) is 0 Å². The molecule has 0 fully saturated rings. The number of esters is 1. The molecule has 0 amide bonds. The van der Waals surface area contributed by atoms with E-state index >= 15 is 0 Å². The number of carbonyl (C=O) groups is 1. The van der Waals surface area contributed by atoms with Gasteiger partial charge in [0, 0.05) is 24.6 Å². The van der Waals surface area contributed by atoms with Crippen molar-refractivity contribution in [3.05, 3.63) is 83.3 Å². The second kappa shape index (κ2) is 5.91. The molecule has 0 aliphatic heterocycles. The van der Waals surface area contributed by atoms with Crippen molar-refractivity contribution >= 4 is 22.3 Å². The fourth-order valence-corrected chi connectivity index (χ4v) is 3.09. The van der Waals surface area contributed by atoms with E-state index in [2.05, 4.69) is 0 Å². The fourth-order valence-electron chi connectivity index (χ4n) is 3.09. The summed E-state index contributed by atoms with van der Waals surface area (Å²) in [6.07, 6.45) is 1.75. The molecule has 2 aromatic heterocycles. The molecule has 4 nitrogen and oxygen atoms in total. The van der Waals surface area contributed by atoms with Gasteiger partial charge in [0.25, 0.3) is 5.56 Å². The van der Waals surface area contributed by atoms with Crippen LogP contribution >= 0.6 is 0 Å². The van der Waals surface area contributed by atoms with Crippen molar-refractivity contribution in [2.75, 3.05) is 0 Å². The molecule has 0 atom stereocenters. The van der Waals surface area contributed by atoms with Crippen LogP contribution in [0.1, 0.15) is 6.92 Å². The first-order valence-corrected chi connectivity index (χ1v) is 7.96. The highest BCUT2D eigenvalue weighted by Crippen LogP contribution is 2.30. The van der Waals surface area contributed by atoms with Gasteiger partial charge in [-0.05, 0) is 17.0 Å². The lowest BCUT2D eigenvalue weighted by molar-refractivity contribution is -0.131. The molecule has 0 bridgehead atoms. The molecule has 0 unspecified atom stereocenters. The van der Waals surface area contributed by atoms with Crippen LogP contribution in [0.2, 0.25) is 0 Å². The van der Waals surface area contributed by atoms with Gasteiger partial charge in [-0.3, -0.25) is 14.0 Å². The van der Waals surface area contributed by atoms with Crippen LogP contribution in [0.5, 0.6) is 5.75 Å². The van der Waals surface area contributed by atoms with Crippen LogP contribution in [0.3, 0.4) is 0 Å². The largest absolute Gasteiger partial charge is 0.426 e. The molecule has 4 rings (SSSR count). The molecular weight excluding hydrogens is 314 g/mol. The first kappa shape index (κ1) is 15.1. The van der Waals surface area contributed by atoms with Crippen molar-refractivity contribution in [3.8, 4) is 16.9 Å². The third-order valence-electron chi connectivity index (χ3n) is 4.16. The van der Waals surface area contributed by atoms with Crippen molar-refractivity contribution < 1.29 is 9.53 Å². The third-order valence-corrected chi connectivity index (χ3v) is 4.16. The minimum absolute atomic E-state index is 0.217. The van der Waals surface area contributed by atoms with Crippen LogP contribution in [0.4, 0.5) is 0 Å². The Balaban J connectivity index is 2.14. The van der Waals surface area contributed by atoms with Crippen LogP contribution in [0, 0.1) is 0 Å². The third kappa shape index (κ3) is 2.58. The zero-order valence-electron chi connectivity index (χ0n) is 13.6. The van der Waals surface area contributed by atoms with Crippen molar-refractivity contribution in [2.24, 2.45) is 0 Å². The lowest BCUT2D eigenvalue weighted by atomic mass is 10.0. The first-order valence-electron chi connectivity index (χ1n) is 7.96. The van der Waals surface area contributed by atoms with Gasteiger partial charge in [-0.1, -0.05) is 54.6 Å². The summed E-state index contributed by atoms with van der Waals surface area (Å²) >= 11 is 0. The van der Waals surface area contributed by atoms with Crippen LogP contribution in [0.15, 0.2) is 77.7 Å². The van der Waals surface area contributed by atoms with E-state index in [1.807, 2.05) is 60.7 Å². The molecule has 0 N–H and O–H groups in total. The fraction of sp³-hybridized carbons (Fsp3) is 0.0476. The Morgan fingerprint density at radius 1 is 0.960 bits per heavy atom. The second-order valence-corrected chi connectivity index (χ2v) is 5.81. The van der Waals surface area contributed by atoms with Crippen molar-refractivity contribution in [2.45, 2.75) is 6.92 Å². The molecular formula is C21H15NO3. The molecule has 0 saturated carbocycles. The highest BCUT2D eigenvalue weighted by molar-refractivity contribution is 5.97. The summed E-state index contributed by atoms with van der Waals surface area (Å²) in [6.45, 7) is 1.33. The van der Waals surface area contributed by atoms with Gasteiger partial charge in [0.05, 0.1) is 11.1 Å². The van der Waals surface area contributed by atoms with Crippen molar-refractivity contribution in [1.29, 1.82) is 0 Å². The summed E-state index contributed by atoms with van der Waals surface area (Å²) in [4.78, 5) is 24.7. The molecule has 4 heteroatoms. The summed E-state index contributed by atoms with van der Waals surface area (Å²) in [5.74, 6) is -0.179. The smallest absolute Gasteiger partial charge is 0.308 e. The Labute approximate surface area is 143 Å². The number of benzene rings is 2. The molecule has 4 aromatic rings. The van der Waals surface area contributed by atoms with Gasteiger partial charge in [-0.15, -0.1) is 0 Å². The van der Waals surface area contributed by atoms with Gasteiger partial charge in [0.15, 0.2) is 0 Å². The van der Waals surface area contributed by atoms with Crippen molar-refractivity contribution in [3.63, 3.8) is 0 Å². The van der Waals surface area contributed by atoms with Crippen LogP contribution < -0.4 is 10.3 Å². The average Bonchev–Trinajstić information content (AvgIpc) is 2.62. The summed E-state index contributed by atoms with van der Waals surface area (Å²) < 4.78 is 6.98. The lowest BCUT2D eigenvalue weighted by Gasteiger charge is -2.13. The topological polar surface area (TPSA) is 47.8 Å². The predicted octanol–water partition coefficient (Wildman–Crippen LogP) is 4.05. The number of ether oxygens (including phenoxy) is 1.